The van der Waals surface area contributed by atoms with Gasteiger partial charge >= 0.3 is 5.76 Å². The maximum absolute atomic E-state index is 12.7. The van der Waals surface area contributed by atoms with E-state index < -0.39 is 5.76 Å². The molecule has 2 heterocycles. The summed E-state index contributed by atoms with van der Waals surface area (Å²) in [5, 5.41) is 3.00. The van der Waals surface area contributed by atoms with Gasteiger partial charge in [-0.15, -0.1) is 0 Å². The lowest BCUT2D eigenvalue weighted by Crippen LogP contribution is -2.26. The molecule has 6 nitrogen and oxygen atoms in total. The van der Waals surface area contributed by atoms with Gasteiger partial charge in [-0.3, -0.25) is 4.79 Å². The number of anilines is 1. The van der Waals surface area contributed by atoms with Crippen molar-refractivity contribution in [1.82, 2.24) is 9.55 Å². The topological polar surface area (TPSA) is 77.1 Å². The molecule has 0 spiro atoms. The van der Waals surface area contributed by atoms with E-state index in [0.29, 0.717) is 11.2 Å². The lowest BCUT2D eigenvalue weighted by Gasteiger charge is -2.20. The number of carbonyl (C=O) groups excluding carboxylic acids is 1. The van der Waals surface area contributed by atoms with Gasteiger partial charge in [-0.2, -0.15) is 0 Å². The number of benzene rings is 1. The van der Waals surface area contributed by atoms with Gasteiger partial charge in [0.05, 0.1) is 0 Å². The van der Waals surface area contributed by atoms with E-state index >= 15 is 0 Å². The van der Waals surface area contributed by atoms with E-state index in [9.17, 15) is 9.59 Å². The average molecular weight is 353 g/mol. The molecule has 0 unspecified atom stereocenters. The van der Waals surface area contributed by atoms with Crippen molar-refractivity contribution in [3.8, 4) is 0 Å². The number of nitrogens with zero attached hydrogens (tertiary/aromatic N) is 2. The predicted molar refractivity (Wildman–Crippen MR) is 102 cm³/mol. The van der Waals surface area contributed by atoms with Gasteiger partial charge in [-0.25, -0.2) is 14.3 Å². The summed E-state index contributed by atoms with van der Waals surface area (Å²) in [7, 11) is 0. The summed E-state index contributed by atoms with van der Waals surface area (Å²) in [5.41, 5.74) is 3.72. The fraction of sp³-hybridized carbons (Fsp3) is 0.350. The van der Waals surface area contributed by atoms with Crippen LogP contribution in [-0.4, -0.2) is 15.5 Å². The van der Waals surface area contributed by atoms with E-state index in [1.54, 1.807) is 18.3 Å². The molecule has 0 saturated heterocycles. The summed E-state index contributed by atoms with van der Waals surface area (Å²) in [4.78, 5) is 28.9. The molecule has 0 fully saturated rings. The van der Waals surface area contributed by atoms with Gasteiger partial charge in [-0.1, -0.05) is 45.9 Å². The Morgan fingerprint density at radius 2 is 1.77 bits per heavy atom. The summed E-state index contributed by atoms with van der Waals surface area (Å²) >= 11 is 0. The van der Waals surface area contributed by atoms with Crippen molar-refractivity contribution < 1.29 is 9.21 Å². The zero-order valence-corrected chi connectivity index (χ0v) is 15.4. The maximum atomic E-state index is 12.7. The molecule has 0 saturated carbocycles. The van der Waals surface area contributed by atoms with E-state index in [0.717, 1.165) is 16.8 Å². The van der Waals surface area contributed by atoms with Crippen LogP contribution in [0.2, 0.25) is 0 Å². The van der Waals surface area contributed by atoms with Crippen molar-refractivity contribution in [3.63, 3.8) is 0 Å². The Bertz CT molecular complexity index is 973. The highest BCUT2D eigenvalue weighted by atomic mass is 16.4. The SMILES string of the molecule is CC(C)c1cccc(C(C)C)c1NC(=O)Cn1c(=O)oc2cccnc21. The quantitative estimate of drug-likeness (QED) is 0.755. The molecule has 6 heteroatoms. The second-order valence-electron chi connectivity index (χ2n) is 6.95. The van der Waals surface area contributed by atoms with Crippen LogP contribution in [0.15, 0.2) is 45.7 Å². The Labute approximate surface area is 151 Å². The molecule has 1 amide bonds. The first-order valence-corrected chi connectivity index (χ1v) is 8.75. The summed E-state index contributed by atoms with van der Waals surface area (Å²) < 4.78 is 6.39. The van der Waals surface area contributed by atoms with Crippen LogP contribution in [0.3, 0.4) is 0 Å². The van der Waals surface area contributed by atoms with Crippen molar-refractivity contribution in [3.05, 3.63) is 58.2 Å². The van der Waals surface area contributed by atoms with Gasteiger partial charge in [-0.05, 0) is 35.1 Å². The van der Waals surface area contributed by atoms with Crippen molar-refractivity contribution >= 4 is 22.8 Å². The Morgan fingerprint density at radius 3 is 2.38 bits per heavy atom. The number of amides is 1. The molecule has 136 valence electrons. The summed E-state index contributed by atoms with van der Waals surface area (Å²) in [6.07, 6.45) is 1.57. The summed E-state index contributed by atoms with van der Waals surface area (Å²) in [5.74, 6) is -0.336. The molecule has 0 aliphatic carbocycles. The molecule has 3 rings (SSSR count). The second kappa shape index (κ2) is 7.15. The van der Waals surface area contributed by atoms with Crippen LogP contribution in [0.1, 0.15) is 50.7 Å². The Kier molecular flexibility index (Phi) is 4.93. The van der Waals surface area contributed by atoms with Crippen LogP contribution < -0.4 is 11.1 Å². The number of aromatic nitrogens is 2. The summed E-state index contributed by atoms with van der Waals surface area (Å²) in [6.45, 7) is 8.22. The third-order valence-electron chi connectivity index (χ3n) is 4.36. The number of nitrogens with one attached hydrogen (secondary N) is 1. The van der Waals surface area contributed by atoms with Gasteiger partial charge in [0.25, 0.3) is 0 Å². The van der Waals surface area contributed by atoms with Crippen molar-refractivity contribution in [1.29, 1.82) is 0 Å². The maximum Gasteiger partial charge on any atom is 0.421 e. The number of oxazole rings is 1. The van der Waals surface area contributed by atoms with Crippen molar-refractivity contribution in [2.45, 2.75) is 46.1 Å². The Balaban J connectivity index is 1.93. The number of fused-ring (bicyclic) bond motifs is 1. The highest BCUT2D eigenvalue weighted by Crippen LogP contribution is 2.32. The lowest BCUT2D eigenvalue weighted by atomic mass is 9.92. The number of rotatable bonds is 5. The van der Waals surface area contributed by atoms with E-state index in [-0.39, 0.29) is 24.3 Å². The number of pyridine rings is 1. The molecule has 1 aromatic carbocycles. The van der Waals surface area contributed by atoms with Gasteiger partial charge < -0.3 is 9.73 Å². The normalized spacial score (nSPS) is 11.5. The highest BCUT2D eigenvalue weighted by molar-refractivity contribution is 5.93. The fourth-order valence-corrected chi connectivity index (χ4v) is 3.06. The molecule has 3 aromatic rings. The van der Waals surface area contributed by atoms with Gasteiger partial charge in [0.15, 0.2) is 11.2 Å². The van der Waals surface area contributed by atoms with E-state index in [1.807, 2.05) is 18.2 Å². The lowest BCUT2D eigenvalue weighted by molar-refractivity contribution is -0.116. The van der Waals surface area contributed by atoms with E-state index in [1.165, 1.54) is 4.57 Å². The second-order valence-corrected chi connectivity index (χ2v) is 6.95. The van der Waals surface area contributed by atoms with E-state index in [2.05, 4.69) is 38.0 Å². The van der Waals surface area contributed by atoms with Crippen LogP contribution in [0.5, 0.6) is 0 Å². The predicted octanol–water partition coefficient (Wildman–Crippen LogP) is 3.88. The molecule has 0 radical (unpaired) electrons. The minimum atomic E-state index is -0.588. The highest BCUT2D eigenvalue weighted by Gasteiger charge is 2.18. The van der Waals surface area contributed by atoms with Crippen LogP contribution in [-0.2, 0) is 11.3 Å². The Hall–Kier alpha value is -2.89. The van der Waals surface area contributed by atoms with Crippen LogP contribution >= 0.6 is 0 Å². The van der Waals surface area contributed by atoms with Crippen LogP contribution in [0.25, 0.3) is 11.2 Å². The van der Waals surface area contributed by atoms with Crippen LogP contribution in [0, 0.1) is 0 Å². The van der Waals surface area contributed by atoms with Crippen LogP contribution in [0.4, 0.5) is 5.69 Å². The minimum absolute atomic E-state index is 0.146. The molecule has 0 bridgehead atoms. The van der Waals surface area contributed by atoms with Gasteiger partial charge in [0, 0.05) is 11.9 Å². The molecule has 0 aliphatic rings. The van der Waals surface area contributed by atoms with Gasteiger partial charge in [0.2, 0.25) is 5.91 Å². The third kappa shape index (κ3) is 3.40. The molecule has 2 aromatic heterocycles. The molecular formula is C20H23N3O3. The smallest absolute Gasteiger partial charge is 0.406 e. The van der Waals surface area contributed by atoms with Crippen molar-refractivity contribution in [2.24, 2.45) is 0 Å². The summed E-state index contributed by atoms with van der Waals surface area (Å²) in [6, 6.07) is 9.39. The number of para-hydroxylation sites is 1. The first-order chi connectivity index (χ1) is 12.4. The molecule has 0 atom stereocenters. The standard InChI is InChI=1S/C20H23N3O3/c1-12(2)14-7-5-8-15(13(3)4)18(14)22-17(24)11-23-19-16(26-20(23)25)9-6-10-21-19/h5-10,12-13H,11H2,1-4H3,(H,22,24). The zero-order valence-electron chi connectivity index (χ0n) is 15.4. The molecule has 0 aliphatic heterocycles. The number of hydrogen-bond donors (Lipinski definition) is 1. The Morgan fingerprint density at radius 1 is 1.12 bits per heavy atom. The third-order valence-corrected chi connectivity index (χ3v) is 4.36. The van der Waals surface area contributed by atoms with Crippen molar-refractivity contribution in [2.75, 3.05) is 5.32 Å². The largest absolute Gasteiger partial charge is 0.421 e. The first-order valence-electron chi connectivity index (χ1n) is 8.75. The number of hydrogen-bond acceptors (Lipinski definition) is 4. The van der Waals surface area contributed by atoms with E-state index in [4.69, 9.17) is 4.42 Å². The molecule has 1 N–H and O–H groups in total. The average Bonchev–Trinajstić information content (AvgIpc) is 2.90. The fourth-order valence-electron chi connectivity index (χ4n) is 3.06. The molecule has 26 heavy (non-hydrogen) atoms. The first kappa shape index (κ1) is 17.9. The van der Waals surface area contributed by atoms with Gasteiger partial charge in [0.1, 0.15) is 6.54 Å². The number of carbonyl (C=O) groups is 1. The minimum Gasteiger partial charge on any atom is -0.406 e. The monoisotopic (exact) mass is 353 g/mol. The molecular weight excluding hydrogens is 330 g/mol. The zero-order chi connectivity index (χ0) is 18.8.